The van der Waals surface area contributed by atoms with E-state index in [4.69, 9.17) is 5.11 Å². The Morgan fingerprint density at radius 1 is 1.30 bits per heavy atom. The highest BCUT2D eigenvalue weighted by molar-refractivity contribution is 9.10. The summed E-state index contributed by atoms with van der Waals surface area (Å²) < 4.78 is 0.431. The summed E-state index contributed by atoms with van der Waals surface area (Å²) in [6, 6.07) is 3.10. The zero-order chi connectivity index (χ0) is 15.3. The molecule has 7 nitrogen and oxygen atoms in total. The molecule has 0 aliphatic rings. The molecule has 0 heterocycles. The van der Waals surface area contributed by atoms with Crippen LogP contribution in [0.5, 0.6) is 0 Å². The molecule has 0 aliphatic heterocycles. The molecule has 8 heteroatoms. The van der Waals surface area contributed by atoms with Crippen LogP contribution in [-0.2, 0) is 4.79 Å². The Morgan fingerprint density at radius 2 is 1.95 bits per heavy atom. The Labute approximate surface area is 123 Å². The van der Waals surface area contributed by atoms with Crippen LogP contribution in [0.25, 0.3) is 0 Å². The standard InChI is InChI=1S/C12H14BrN3O4/c1-6(10(17)14-2)15-12(20)16-9-7(11(18)19)4-3-5-8(9)13/h3-6H,1-2H3,(H,14,17)(H,18,19)(H2,15,16,20). The van der Waals surface area contributed by atoms with E-state index in [1.165, 1.54) is 20.0 Å². The van der Waals surface area contributed by atoms with E-state index in [2.05, 4.69) is 31.9 Å². The molecule has 0 radical (unpaired) electrons. The molecule has 1 unspecified atom stereocenters. The first-order chi connectivity index (χ1) is 9.36. The number of likely N-dealkylation sites (N-methyl/N-ethyl adjacent to an activating group) is 1. The summed E-state index contributed by atoms with van der Waals surface area (Å²) >= 11 is 3.17. The van der Waals surface area contributed by atoms with Gasteiger partial charge < -0.3 is 21.1 Å². The number of benzene rings is 1. The van der Waals surface area contributed by atoms with Gasteiger partial charge in [-0.15, -0.1) is 0 Å². The van der Waals surface area contributed by atoms with Crippen molar-refractivity contribution in [3.8, 4) is 0 Å². The van der Waals surface area contributed by atoms with Crippen molar-refractivity contribution in [1.82, 2.24) is 10.6 Å². The minimum atomic E-state index is -1.17. The lowest BCUT2D eigenvalue weighted by Gasteiger charge is -2.15. The maximum atomic E-state index is 11.8. The molecule has 0 aliphatic carbocycles. The molecular formula is C12H14BrN3O4. The fraction of sp³-hybridized carbons (Fsp3) is 0.250. The number of para-hydroxylation sites is 1. The van der Waals surface area contributed by atoms with Gasteiger partial charge in [0, 0.05) is 11.5 Å². The summed E-state index contributed by atoms with van der Waals surface area (Å²) in [5.74, 6) is -1.52. The predicted octanol–water partition coefficient (Wildman–Crippen LogP) is 1.40. The van der Waals surface area contributed by atoms with Crippen LogP contribution >= 0.6 is 15.9 Å². The molecule has 0 saturated carbocycles. The molecule has 4 N–H and O–H groups in total. The number of carbonyl (C=O) groups is 3. The number of carboxylic acids is 1. The molecule has 1 aromatic rings. The lowest BCUT2D eigenvalue weighted by Crippen LogP contribution is -2.45. The molecule has 0 fully saturated rings. The minimum Gasteiger partial charge on any atom is -0.478 e. The zero-order valence-electron chi connectivity index (χ0n) is 10.9. The van der Waals surface area contributed by atoms with Gasteiger partial charge in [0.15, 0.2) is 0 Å². The third-order valence-corrected chi connectivity index (χ3v) is 3.13. The summed E-state index contributed by atoms with van der Waals surface area (Å²) in [6.45, 7) is 1.51. The first-order valence-electron chi connectivity index (χ1n) is 5.67. The number of carbonyl (C=O) groups excluding carboxylic acids is 2. The Hall–Kier alpha value is -2.09. The monoisotopic (exact) mass is 343 g/mol. The largest absolute Gasteiger partial charge is 0.478 e. The molecule has 108 valence electrons. The van der Waals surface area contributed by atoms with Gasteiger partial charge >= 0.3 is 12.0 Å². The maximum absolute atomic E-state index is 11.8. The molecule has 0 spiro atoms. The average Bonchev–Trinajstić information content (AvgIpc) is 2.39. The second-order valence-electron chi connectivity index (χ2n) is 3.90. The van der Waals surface area contributed by atoms with E-state index in [0.717, 1.165) is 0 Å². The Kier molecular flexibility index (Phi) is 5.51. The van der Waals surface area contributed by atoms with E-state index < -0.39 is 18.0 Å². The van der Waals surface area contributed by atoms with E-state index in [0.29, 0.717) is 4.47 Å². The number of amides is 3. The minimum absolute atomic E-state index is 0.0536. The molecule has 0 aromatic heterocycles. The Morgan fingerprint density at radius 3 is 2.50 bits per heavy atom. The van der Waals surface area contributed by atoms with Gasteiger partial charge in [-0.3, -0.25) is 4.79 Å². The van der Waals surface area contributed by atoms with Crippen LogP contribution < -0.4 is 16.0 Å². The van der Waals surface area contributed by atoms with E-state index >= 15 is 0 Å². The highest BCUT2D eigenvalue weighted by atomic mass is 79.9. The van der Waals surface area contributed by atoms with Gasteiger partial charge in [-0.1, -0.05) is 6.07 Å². The lowest BCUT2D eigenvalue weighted by atomic mass is 10.2. The number of urea groups is 1. The van der Waals surface area contributed by atoms with E-state index in [-0.39, 0.29) is 17.2 Å². The normalized spacial score (nSPS) is 11.3. The quantitative estimate of drug-likeness (QED) is 0.662. The molecule has 1 rings (SSSR count). The van der Waals surface area contributed by atoms with Gasteiger partial charge in [-0.25, -0.2) is 9.59 Å². The van der Waals surface area contributed by atoms with E-state index in [9.17, 15) is 14.4 Å². The van der Waals surface area contributed by atoms with Crippen LogP contribution in [0.4, 0.5) is 10.5 Å². The van der Waals surface area contributed by atoms with Gasteiger partial charge in [0.25, 0.3) is 0 Å². The van der Waals surface area contributed by atoms with Crippen molar-refractivity contribution in [2.45, 2.75) is 13.0 Å². The van der Waals surface area contributed by atoms with Crippen molar-refractivity contribution in [2.75, 3.05) is 12.4 Å². The van der Waals surface area contributed by atoms with Crippen molar-refractivity contribution in [3.63, 3.8) is 0 Å². The molecule has 3 amide bonds. The topological polar surface area (TPSA) is 108 Å². The summed E-state index contributed by atoms with van der Waals surface area (Å²) in [5, 5.41) is 16.3. The fourth-order valence-electron chi connectivity index (χ4n) is 1.46. The molecular weight excluding hydrogens is 330 g/mol. The summed E-state index contributed by atoms with van der Waals surface area (Å²) in [5.41, 5.74) is 0.0729. The predicted molar refractivity (Wildman–Crippen MR) is 76.8 cm³/mol. The van der Waals surface area contributed by atoms with Crippen LogP contribution in [0, 0.1) is 0 Å². The second kappa shape index (κ2) is 6.90. The van der Waals surface area contributed by atoms with Crippen LogP contribution in [-0.4, -0.2) is 36.1 Å². The Balaban J connectivity index is 2.86. The summed E-state index contributed by atoms with van der Waals surface area (Å²) in [4.78, 5) is 34.1. The van der Waals surface area contributed by atoms with Crippen LogP contribution in [0.3, 0.4) is 0 Å². The van der Waals surface area contributed by atoms with Crippen molar-refractivity contribution in [2.24, 2.45) is 0 Å². The summed E-state index contributed by atoms with van der Waals surface area (Å²) in [6.07, 6.45) is 0. The zero-order valence-corrected chi connectivity index (χ0v) is 12.4. The number of nitrogens with one attached hydrogen (secondary N) is 3. The third-order valence-electron chi connectivity index (χ3n) is 2.47. The first-order valence-corrected chi connectivity index (χ1v) is 6.47. The number of aromatic carboxylic acids is 1. The molecule has 1 atom stereocenters. The van der Waals surface area contributed by atoms with Crippen molar-refractivity contribution >= 4 is 39.5 Å². The number of hydrogen-bond acceptors (Lipinski definition) is 3. The van der Waals surface area contributed by atoms with Crippen LogP contribution in [0.15, 0.2) is 22.7 Å². The Bertz CT molecular complexity index is 548. The number of carboxylic acid groups (broad SMARTS) is 1. The summed E-state index contributed by atoms with van der Waals surface area (Å²) in [7, 11) is 1.45. The van der Waals surface area contributed by atoms with Gasteiger partial charge in [0.05, 0.1) is 11.3 Å². The van der Waals surface area contributed by atoms with Crippen molar-refractivity contribution in [1.29, 1.82) is 0 Å². The van der Waals surface area contributed by atoms with Crippen molar-refractivity contribution in [3.05, 3.63) is 28.2 Å². The number of halogens is 1. The molecule has 0 bridgehead atoms. The van der Waals surface area contributed by atoms with Crippen LogP contribution in [0.1, 0.15) is 17.3 Å². The molecule has 1 aromatic carbocycles. The fourth-order valence-corrected chi connectivity index (χ4v) is 1.92. The number of rotatable bonds is 4. The average molecular weight is 344 g/mol. The van der Waals surface area contributed by atoms with Gasteiger partial charge in [-0.2, -0.15) is 0 Å². The number of hydrogen-bond donors (Lipinski definition) is 4. The van der Waals surface area contributed by atoms with Crippen LogP contribution in [0.2, 0.25) is 0 Å². The van der Waals surface area contributed by atoms with Gasteiger partial charge in [0.1, 0.15) is 6.04 Å². The van der Waals surface area contributed by atoms with Gasteiger partial charge in [-0.05, 0) is 35.0 Å². The van der Waals surface area contributed by atoms with E-state index in [1.807, 2.05) is 0 Å². The second-order valence-corrected chi connectivity index (χ2v) is 4.76. The van der Waals surface area contributed by atoms with E-state index in [1.54, 1.807) is 12.1 Å². The smallest absolute Gasteiger partial charge is 0.337 e. The first kappa shape index (κ1) is 16.0. The molecule has 0 saturated heterocycles. The SMILES string of the molecule is CNC(=O)C(C)NC(=O)Nc1c(Br)cccc1C(=O)O. The van der Waals surface area contributed by atoms with Gasteiger partial charge in [0.2, 0.25) is 5.91 Å². The molecule has 20 heavy (non-hydrogen) atoms. The highest BCUT2D eigenvalue weighted by Gasteiger charge is 2.18. The number of anilines is 1. The maximum Gasteiger partial charge on any atom is 0.337 e. The highest BCUT2D eigenvalue weighted by Crippen LogP contribution is 2.26. The third kappa shape index (κ3) is 3.95. The lowest BCUT2D eigenvalue weighted by molar-refractivity contribution is -0.122. The van der Waals surface area contributed by atoms with Crippen molar-refractivity contribution < 1.29 is 19.5 Å².